The van der Waals surface area contributed by atoms with E-state index in [1.54, 1.807) is 18.2 Å². The number of hydrogen-bond donors (Lipinski definition) is 2. The van der Waals surface area contributed by atoms with Crippen LogP contribution >= 0.6 is 7.44 Å². The molecule has 74 valence electrons. The summed E-state index contributed by atoms with van der Waals surface area (Å²) in [6.07, 6.45) is 5.40. The van der Waals surface area contributed by atoms with Crippen molar-refractivity contribution in [2.75, 3.05) is 19.3 Å². The summed E-state index contributed by atoms with van der Waals surface area (Å²) in [6.45, 7) is 11.7. The molecule has 0 aliphatic rings. The van der Waals surface area contributed by atoms with Gasteiger partial charge in [0.15, 0.2) is 0 Å². The Kier molecular flexibility index (Phi) is 6.51. The minimum Gasteiger partial charge on any atom is -0.289 e. The Bertz CT molecular complexity index is 210. The Hall–Kier alpha value is -0.630. The highest BCUT2D eigenvalue weighted by Crippen LogP contribution is 2.34. The average molecular weight is 200 g/mol. The fourth-order valence-electron chi connectivity index (χ4n) is 0.791. The first-order valence-electron chi connectivity index (χ1n) is 4.10. The minimum atomic E-state index is -2.51. The van der Waals surface area contributed by atoms with E-state index in [-0.39, 0.29) is 0 Å². The van der Waals surface area contributed by atoms with Crippen molar-refractivity contribution in [3.8, 4) is 0 Å². The monoisotopic (exact) mass is 200 g/mol. The third-order valence-corrected chi connectivity index (χ3v) is 3.53. The van der Waals surface area contributed by atoms with Crippen LogP contribution < -0.4 is 10.2 Å². The molecule has 0 heterocycles. The van der Waals surface area contributed by atoms with Gasteiger partial charge in [-0.15, -0.1) is 19.7 Å². The molecule has 0 radical (unpaired) electrons. The maximum atomic E-state index is 11.9. The summed E-state index contributed by atoms with van der Waals surface area (Å²) in [5.41, 5.74) is 0. The van der Waals surface area contributed by atoms with E-state index < -0.39 is 7.44 Å². The molecule has 0 aliphatic carbocycles. The molecule has 0 atom stereocenters. The van der Waals surface area contributed by atoms with Gasteiger partial charge < -0.3 is 0 Å². The van der Waals surface area contributed by atoms with Gasteiger partial charge in [0.1, 0.15) is 0 Å². The SMILES string of the molecule is C=CCNP(=O)(CC=C)NCC=C. The highest BCUT2D eigenvalue weighted by atomic mass is 31.2. The first-order chi connectivity index (χ1) is 6.18. The van der Waals surface area contributed by atoms with Crippen LogP contribution in [-0.2, 0) is 4.57 Å². The number of hydrogen-bond acceptors (Lipinski definition) is 1. The van der Waals surface area contributed by atoms with Crippen molar-refractivity contribution in [1.29, 1.82) is 0 Å². The van der Waals surface area contributed by atoms with Crippen LogP contribution in [0.4, 0.5) is 0 Å². The van der Waals surface area contributed by atoms with E-state index in [1.807, 2.05) is 0 Å². The molecular weight excluding hydrogens is 183 g/mol. The second-order valence-electron chi connectivity index (χ2n) is 2.51. The summed E-state index contributed by atoms with van der Waals surface area (Å²) in [6, 6.07) is 0. The summed E-state index contributed by atoms with van der Waals surface area (Å²) in [4.78, 5) is 0. The summed E-state index contributed by atoms with van der Waals surface area (Å²) < 4.78 is 11.9. The Balaban J connectivity index is 4.14. The van der Waals surface area contributed by atoms with Gasteiger partial charge in [0.25, 0.3) is 0 Å². The zero-order valence-electron chi connectivity index (χ0n) is 7.83. The van der Waals surface area contributed by atoms with Crippen LogP contribution in [0.1, 0.15) is 0 Å². The molecule has 0 aromatic carbocycles. The quantitative estimate of drug-likeness (QED) is 0.464. The van der Waals surface area contributed by atoms with Gasteiger partial charge in [-0.05, 0) is 0 Å². The highest BCUT2D eigenvalue weighted by molar-refractivity contribution is 7.60. The maximum Gasteiger partial charge on any atom is 0.215 e. The smallest absolute Gasteiger partial charge is 0.215 e. The molecule has 0 spiro atoms. The molecule has 0 aliphatic heterocycles. The number of nitrogens with one attached hydrogen (secondary N) is 2. The first-order valence-corrected chi connectivity index (χ1v) is 5.99. The molecule has 0 fully saturated rings. The van der Waals surface area contributed by atoms with Crippen molar-refractivity contribution in [2.24, 2.45) is 0 Å². The molecular formula is C9H17N2OP. The van der Waals surface area contributed by atoms with Gasteiger partial charge >= 0.3 is 0 Å². The lowest BCUT2D eigenvalue weighted by Gasteiger charge is -2.17. The van der Waals surface area contributed by atoms with Crippen molar-refractivity contribution in [3.05, 3.63) is 38.0 Å². The van der Waals surface area contributed by atoms with Crippen molar-refractivity contribution >= 4 is 7.44 Å². The zero-order chi connectivity index (χ0) is 10.2. The molecule has 0 unspecified atom stereocenters. The van der Waals surface area contributed by atoms with Crippen LogP contribution in [0.3, 0.4) is 0 Å². The molecule has 0 aromatic heterocycles. The molecule has 0 bridgehead atoms. The molecule has 0 aromatic rings. The van der Waals surface area contributed by atoms with E-state index in [0.717, 1.165) is 0 Å². The molecule has 0 amide bonds. The van der Waals surface area contributed by atoms with Gasteiger partial charge in [-0.2, -0.15) is 0 Å². The Morgan fingerprint density at radius 3 is 1.77 bits per heavy atom. The lowest BCUT2D eigenvalue weighted by molar-refractivity contribution is 0.560. The van der Waals surface area contributed by atoms with Crippen LogP contribution in [0.15, 0.2) is 38.0 Å². The highest BCUT2D eigenvalue weighted by Gasteiger charge is 2.16. The predicted octanol–water partition coefficient (Wildman–Crippen LogP) is 1.92. The Labute approximate surface area is 80.1 Å². The third-order valence-electron chi connectivity index (χ3n) is 1.37. The van der Waals surface area contributed by atoms with Crippen LogP contribution in [0.5, 0.6) is 0 Å². The zero-order valence-corrected chi connectivity index (χ0v) is 8.72. The van der Waals surface area contributed by atoms with Gasteiger partial charge in [0, 0.05) is 19.3 Å². The van der Waals surface area contributed by atoms with Crippen molar-refractivity contribution in [1.82, 2.24) is 10.2 Å². The summed E-state index contributed by atoms with van der Waals surface area (Å²) in [5.74, 6) is 0. The Morgan fingerprint density at radius 1 is 1.00 bits per heavy atom. The largest absolute Gasteiger partial charge is 0.289 e. The summed E-state index contributed by atoms with van der Waals surface area (Å²) >= 11 is 0. The van der Waals surface area contributed by atoms with E-state index in [2.05, 4.69) is 29.9 Å². The van der Waals surface area contributed by atoms with Gasteiger partial charge in [-0.3, -0.25) is 14.7 Å². The van der Waals surface area contributed by atoms with Gasteiger partial charge in [0.2, 0.25) is 7.44 Å². The van der Waals surface area contributed by atoms with Crippen LogP contribution in [-0.4, -0.2) is 19.3 Å². The minimum absolute atomic E-state index is 0.425. The second kappa shape index (κ2) is 6.84. The molecule has 0 saturated carbocycles. The second-order valence-corrected chi connectivity index (χ2v) is 4.99. The lowest BCUT2D eigenvalue weighted by Crippen LogP contribution is -2.24. The van der Waals surface area contributed by atoms with Crippen LogP contribution in [0.2, 0.25) is 0 Å². The maximum absolute atomic E-state index is 11.9. The summed E-state index contributed by atoms with van der Waals surface area (Å²) in [7, 11) is -2.51. The van der Waals surface area contributed by atoms with E-state index in [0.29, 0.717) is 19.3 Å². The van der Waals surface area contributed by atoms with Crippen molar-refractivity contribution in [3.63, 3.8) is 0 Å². The van der Waals surface area contributed by atoms with Crippen molar-refractivity contribution < 1.29 is 4.57 Å². The predicted molar refractivity (Wildman–Crippen MR) is 59.1 cm³/mol. The number of rotatable bonds is 8. The van der Waals surface area contributed by atoms with E-state index in [4.69, 9.17) is 0 Å². The van der Waals surface area contributed by atoms with Gasteiger partial charge in [-0.1, -0.05) is 18.2 Å². The average Bonchev–Trinajstić information content (AvgIpc) is 2.12. The molecule has 13 heavy (non-hydrogen) atoms. The topological polar surface area (TPSA) is 41.1 Å². The summed E-state index contributed by atoms with van der Waals surface area (Å²) in [5, 5.41) is 5.78. The van der Waals surface area contributed by atoms with Gasteiger partial charge in [0.05, 0.1) is 0 Å². The standard InChI is InChI=1S/C9H17N2OP/c1-4-7-10-13(12,9-6-3)11-8-5-2/h4-6H,1-3,7-9H2,(H2,10,11,12). The van der Waals surface area contributed by atoms with E-state index in [9.17, 15) is 4.57 Å². The normalized spacial score (nSPS) is 10.8. The van der Waals surface area contributed by atoms with E-state index in [1.165, 1.54) is 0 Å². The molecule has 2 N–H and O–H groups in total. The molecule has 4 heteroatoms. The molecule has 3 nitrogen and oxygen atoms in total. The third kappa shape index (κ3) is 5.58. The van der Waals surface area contributed by atoms with Crippen LogP contribution in [0, 0.1) is 0 Å². The van der Waals surface area contributed by atoms with Crippen molar-refractivity contribution in [2.45, 2.75) is 0 Å². The fourth-order valence-corrected chi connectivity index (χ4v) is 2.37. The number of allylic oxidation sites excluding steroid dienone is 1. The fraction of sp³-hybridized carbons (Fsp3) is 0.333. The lowest BCUT2D eigenvalue weighted by atomic mass is 10.7. The van der Waals surface area contributed by atoms with Gasteiger partial charge in [-0.25, -0.2) is 0 Å². The van der Waals surface area contributed by atoms with Crippen LogP contribution in [0.25, 0.3) is 0 Å². The Morgan fingerprint density at radius 2 is 1.46 bits per heavy atom. The first kappa shape index (κ1) is 12.4. The molecule has 0 rings (SSSR count). The molecule has 0 saturated heterocycles. The van der Waals surface area contributed by atoms with E-state index >= 15 is 0 Å².